The number of rotatable bonds is 1. The van der Waals surface area contributed by atoms with Crippen molar-refractivity contribution in [3.63, 3.8) is 0 Å². The minimum atomic E-state index is 0.909. The highest BCUT2D eigenvalue weighted by molar-refractivity contribution is 14.1. The molecule has 0 saturated carbocycles. The second-order valence-electron chi connectivity index (χ2n) is 2.12. The second kappa shape index (κ2) is 3.59. The van der Waals surface area contributed by atoms with Gasteiger partial charge >= 0.3 is 0 Å². The Morgan fingerprint density at radius 3 is 2.73 bits per heavy atom. The van der Waals surface area contributed by atoms with Gasteiger partial charge in [-0.1, -0.05) is 18.6 Å². The van der Waals surface area contributed by atoms with Crippen LogP contribution in [0.25, 0.3) is 6.08 Å². The summed E-state index contributed by atoms with van der Waals surface area (Å²) < 4.78 is 1.15. The van der Waals surface area contributed by atoms with Crippen molar-refractivity contribution in [2.45, 2.75) is 0 Å². The third-order valence-electron chi connectivity index (χ3n) is 1.32. The number of terminal acetylenes is 1. The molecule has 11 heavy (non-hydrogen) atoms. The normalized spacial score (nSPS) is 8.73. The Bertz CT molecular complexity index is 318. The summed E-state index contributed by atoms with van der Waals surface area (Å²) in [6, 6.07) is 5.94. The zero-order chi connectivity index (χ0) is 8.27. The van der Waals surface area contributed by atoms with Gasteiger partial charge in [-0.2, -0.15) is 0 Å². The molecule has 1 rings (SSSR count). The summed E-state index contributed by atoms with van der Waals surface area (Å²) in [5.74, 6) is 2.59. The molecule has 0 spiro atoms. The van der Waals surface area contributed by atoms with Gasteiger partial charge in [0.15, 0.2) is 0 Å². The van der Waals surface area contributed by atoms with Crippen molar-refractivity contribution in [2.24, 2.45) is 0 Å². The lowest BCUT2D eigenvalue weighted by molar-refractivity contribution is 1.57. The van der Waals surface area contributed by atoms with Gasteiger partial charge in [-0.05, 0) is 46.4 Å². The minimum absolute atomic E-state index is 0.909. The fraction of sp³-hybridized carbons (Fsp3) is 0. The fourth-order valence-corrected chi connectivity index (χ4v) is 1.51. The summed E-state index contributed by atoms with van der Waals surface area (Å²) in [5.41, 5.74) is 1.98. The highest BCUT2D eigenvalue weighted by atomic mass is 127. The number of hydrogen-bond acceptors (Lipinski definition) is 0. The maximum absolute atomic E-state index is 5.25. The third-order valence-corrected chi connectivity index (χ3v) is 1.95. The second-order valence-corrected chi connectivity index (χ2v) is 3.37. The Labute approximate surface area is 80.5 Å². The third kappa shape index (κ3) is 2.09. The van der Waals surface area contributed by atoms with Crippen LogP contribution in [0.15, 0.2) is 24.8 Å². The van der Waals surface area contributed by atoms with Gasteiger partial charge in [0.1, 0.15) is 0 Å². The van der Waals surface area contributed by atoms with Crippen molar-refractivity contribution in [3.8, 4) is 12.3 Å². The molecule has 1 aromatic carbocycles. The SMILES string of the molecule is C#Cc1cc(I)cc(C=C)c1. The van der Waals surface area contributed by atoms with Crippen LogP contribution in [0, 0.1) is 15.9 Å². The maximum atomic E-state index is 5.25. The van der Waals surface area contributed by atoms with E-state index in [1.165, 1.54) is 0 Å². The van der Waals surface area contributed by atoms with Crippen LogP contribution in [0.5, 0.6) is 0 Å². The average Bonchev–Trinajstić information content (AvgIpc) is 2.03. The highest BCUT2D eigenvalue weighted by Crippen LogP contribution is 2.12. The Morgan fingerprint density at radius 1 is 1.45 bits per heavy atom. The zero-order valence-electron chi connectivity index (χ0n) is 5.97. The summed E-state index contributed by atoms with van der Waals surface area (Å²) >= 11 is 2.23. The molecule has 0 aliphatic carbocycles. The molecule has 0 radical (unpaired) electrons. The number of halogens is 1. The molecule has 1 heteroatoms. The van der Waals surface area contributed by atoms with Crippen LogP contribution in [0.4, 0.5) is 0 Å². The molecule has 54 valence electrons. The molecule has 0 N–H and O–H groups in total. The monoisotopic (exact) mass is 254 g/mol. The lowest BCUT2D eigenvalue weighted by atomic mass is 10.1. The standard InChI is InChI=1S/C10H7I/c1-3-8-5-9(4-2)7-10(11)6-8/h1,4-7H,2H2. The van der Waals surface area contributed by atoms with E-state index in [0.29, 0.717) is 0 Å². The molecule has 0 bridgehead atoms. The average molecular weight is 254 g/mol. The Kier molecular flexibility index (Phi) is 2.72. The number of benzene rings is 1. The molecule has 0 atom stereocenters. The van der Waals surface area contributed by atoms with Crippen molar-refractivity contribution < 1.29 is 0 Å². The van der Waals surface area contributed by atoms with Crippen LogP contribution in [0.3, 0.4) is 0 Å². The minimum Gasteiger partial charge on any atom is -0.115 e. The summed E-state index contributed by atoms with van der Waals surface area (Å²) in [6.07, 6.45) is 7.05. The van der Waals surface area contributed by atoms with Gasteiger partial charge in [-0.15, -0.1) is 6.42 Å². The molecule has 0 heterocycles. The molecule has 0 aromatic heterocycles. The van der Waals surface area contributed by atoms with E-state index in [1.807, 2.05) is 18.2 Å². The lowest BCUT2D eigenvalue weighted by Gasteiger charge is -1.96. The molecule has 0 saturated heterocycles. The summed E-state index contributed by atoms with van der Waals surface area (Å²) in [6.45, 7) is 3.68. The molecular weight excluding hydrogens is 247 g/mol. The molecule has 0 aliphatic heterocycles. The maximum Gasteiger partial charge on any atom is 0.0259 e. The van der Waals surface area contributed by atoms with E-state index in [-0.39, 0.29) is 0 Å². The van der Waals surface area contributed by atoms with Crippen LogP contribution in [0.1, 0.15) is 11.1 Å². The van der Waals surface area contributed by atoms with Crippen molar-refractivity contribution in [3.05, 3.63) is 39.5 Å². The van der Waals surface area contributed by atoms with E-state index in [4.69, 9.17) is 6.42 Å². The van der Waals surface area contributed by atoms with E-state index < -0.39 is 0 Å². The first-order valence-corrected chi connectivity index (χ1v) is 4.24. The molecule has 1 aromatic rings. The van der Waals surface area contributed by atoms with Gasteiger partial charge in [0.2, 0.25) is 0 Å². The first-order valence-electron chi connectivity index (χ1n) is 3.16. The van der Waals surface area contributed by atoms with Crippen LogP contribution in [0.2, 0.25) is 0 Å². The summed E-state index contributed by atoms with van der Waals surface area (Å²) in [7, 11) is 0. The van der Waals surface area contributed by atoms with E-state index in [1.54, 1.807) is 6.08 Å². The molecule has 0 nitrogen and oxygen atoms in total. The van der Waals surface area contributed by atoms with E-state index in [2.05, 4.69) is 35.1 Å². The first-order chi connectivity index (χ1) is 5.26. The Balaban J connectivity index is 3.25. The van der Waals surface area contributed by atoms with Crippen molar-refractivity contribution in [1.29, 1.82) is 0 Å². The zero-order valence-corrected chi connectivity index (χ0v) is 8.13. The fourth-order valence-electron chi connectivity index (χ4n) is 0.814. The number of hydrogen-bond donors (Lipinski definition) is 0. The van der Waals surface area contributed by atoms with Crippen LogP contribution in [-0.2, 0) is 0 Å². The van der Waals surface area contributed by atoms with E-state index >= 15 is 0 Å². The Morgan fingerprint density at radius 2 is 2.18 bits per heavy atom. The first kappa shape index (κ1) is 8.35. The van der Waals surface area contributed by atoms with Crippen LogP contribution >= 0.6 is 22.6 Å². The van der Waals surface area contributed by atoms with Crippen LogP contribution < -0.4 is 0 Å². The lowest BCUT2D eigenvalue weighted by Crippen LogP contribution is -1.79. The quantitative estimate of drug-likeness (QED) is 0.534. The molecule has 0 amide bonds. The summed E-state index contributed by atoms with van der Waals surface area (Å²) in [4.78, 5) is 0. The molecule has 0 aliphatic rings. The predicted molar refractivity (Wildman–Crippen MR) is 57.2 cm³/mol. The highest BCUT2D eigenvalue weighted by Gasteiger charge is 1.92. The van der Waals surface area contributed by atoms with Gasteiger partial charge in [0, 0.05) is 9.13 Å². The Hall–Kier alpha value is -0.750. The van der Waals surface area contributed by atoms with Crippen LogP contribution in [-0.4, -0.2) is 0 Å². The van der Waals surface area contributed by atoms with Crippen molar-refractivity contribution in [2.75, 3.05) is 0 Å². The summed E-state index contributed by atoms with van der Waals surface area (Å²) in [5, 5.41) is 0. The predicted octanol–water partition coefficient (Wildman–Crippen LogP) is 2.92. The molecule has 0 unspecified atom stereocenters. The molecule has 0 fully saturated rings. The van der Waals surface area contributed by atoms with Gasteiger partial charge in [0.25, 0.3) is 0 Å². The van der Waals surface area contributed by atoms with Crippen molar-refractivity contribution >= 4 is 28.7 Å². The topological polar surface area (TPSA) is 0 Å². The van der Waals surface area contributed by atoms with E-state index in [9.17, 15) is 0 Å². The van der Waals surface area contributed by atoms with E-state index in [0.717, 1.165) is 14.7 Å². The molecular formula is C10H7I. The van der Waals surface area contributed by atoms with Crippen molar-refractivity contribution in [1.82, 2.24) is 0 Å². The smallest absolute Gasteiger partial charge is 0.0259 e. The van der Waals surface area contributed by atoms with Gasteiger partial charge < -0.3 is 0 Å². The van der Waals surface area contributed by atoms with Gasteiger partial charge in [0.05, 0.1) is 0 Å². The van der Waals surface area contributed by atoms with Gasteiger partial charge in [-0.25, -0.2) is 0 Å². The van der Waals surface area contributed by atoms with Gasteiger partial charge in [-0.3, -0.25) is 0 Å². The largest absolute Gasteiger partial charge is 0.115 e.